The van der Waals surface area contributed by atoms with Gasteiger partial charge in [0.15, 0.2) is 0 Å². The first-order chi connectivity index (χ1) is 20.2. The van der Waals surface area contributed by atoms with E-state index in [9.17, 15) is 9.50 Å². The Balaban J connectivity index is 1.92. The molecule has 4 aromatic carbocycles. The highest BCUT2D eigenvalue weighted by atomic mass is 19.1. The zero-order valence-corrected chi connectivity index (χ0v) is 28.8. The van der Waals surface area contributed by atoms with Crippen LogP contribution in [0.5, 0.6) is 5.75 Å². The molecule has 0 radical (unpaired) electrons. The molecule has 2 nitrogen and oxygen atoms in total. The summed E-state index contributed by atoms with van der Waals surface area (Å²) >= 11 is 0. The summed E-state index contributed by atoms with van der Waals surface area (Å²) in [5.41, 5.74) is 8.48. The summed E-state index contributed by atoms with van der Waals surface area (Å²) in [7, 11) is 0. The number of fused-ring (bicyclic) bond motifs is 3. The Morgan fingerprint density at radius 2 is 1.16 bits per heavy atom. The van der Waals surface area contributed by atoms with Gasteiger partial charge in [-0.25, -0.2) is 4.39 Å². The van der Waals surface area contributed by atoms with Gasteiger partial charge in [-0.3, -0.25) is 0 Å². The number of halogens is 1. The average molecular weight is 592 g/mol. The maximum atomic E-state index is 14.8. The molecular formula is C41H50FNO. The second-order valence-corrected chi connectivity index (χ2v) is 16.8. The summed E-state index contributed by atoms with van der Waals surface area (Å²) in [6, 6.07) is 22.7. The van der Waals surface area contributed by atoms with Crippen molar-refractivity contribution in [2.75, 3.05) is 0 Å². The van der Waals surface area contributed by atoms with Crippen molar-refractivity contribution in [2.24, 2.45) is 5.41 Å². The number of aryl methyl sites for hydroxylation is 1. The fourth-order valence-corrected chi connectivity index (χ4v) is 6.94. The molecule has 0 spiro atoms. The highest BCUT2D eigenvalue weighted by Gasteiger charge is 2.30. The molecule has 0 unspecified atom stereocenters. The number of nitrogens with zero attached hydrogens (tertiary/aromatic N) is 1. The van der Waals surface area contributed by atoms with Gasteiger partial charge < -0.3 is 9.67 Å². The van der Waals surface area contributed by atoms with Gasteiger partial charge in [0.1, 0.15) is 11.6 Å². The lowest BCUT2D eigenvalue weighted by Gasteiger charge is -2.34. The van der Waals surface area contributed by atoms with Crippen LogP contribution < -0.4 is 0 Å². The Bertz CT molecular complexity index is 1790. The van der Waals surface area contributed by atoms with E-state index in [2.05, 4.69) is 129 Å². The van der Waals surface area contributed by atoms with Crippen LogP contribution in [0, 0.1) is 18.2 Å². The second-order valence-electron chi connectivity index (χ2n) is 16.8. The zero-order chi connectivity index (χ0) is 32.6. The van der Waals surface area contributed by atoms with E-state index >= 15 is 0 Å². The third-order valence-corrected chi connectivity index (χ3v) is 8.93. The molecular weight excluding hydrogens is 541 g/mol. The second kappa shape index (κ2) is 10.5. The summed E-state index contributed by atoms with van der Waals surface area (Å²) in [5.74, 6) is -0.148. The molecule has 232 valence electrons. The van der Waals surface area contributed by atoms with Crippen molar-refractivity contribution in [3.8, 4) is 22.6 Å². The zero-order valence-electron chi connectivity index (χ0n) is 28.8. The van der Waals surface area contributed by atoms with Crippen LogP contribution in [0.1, 0.15) is 105 Å². The SMILES string of the molecule is Cc1cc(F)cc(-c2cc(C(C)(C)CC(C)(C)C)cc(-n3c4ccc(C(C)(C)C)cc4c4cc(C(C)(C)C)ccc43)c2O)c1. The maximum Gasteiger partial charge on any atom is 0.147 e. The van der Waals surface area contributed by atoms with Gasteiger partial charge in [-0.15, -0.1) is 0 Å². The Hall–Kier alpha value is -3.59. The lowest BCUT2D eigenvalue weighted by molar-refractivity contribution is 0.284. The molecule has 0 aliphatic carbocycles. The summed E-state index contributed by atoms with van der Waals surface area (Å²) in [4.78, 5) is 0. The minimum absolute atomic E-state index is 0.00824. The van der Waals surface area contributed by atoms with Crippen molar-refractivity contribution in [3.63, 3.8) is 0 Å². The number of phenols is 1. The van der Waals surface area contributed by atoms with Crippen LogP contribution in [0.4, 0.5) is 4.39 Å². The van der Waals surface area contributed by atoms with Gasteiger partial charge in [-0.2, -0.15) is 0 Å². The van der Waals surface area contributed by atoms with Gasteiger partial charge in [0.05, 0.1) is 16.7 Å². The summed E-state index contributed by atoms with van der Waals surface area (Å²) in [5, 5.41) is 14.5. The Labute approximate surface area is 263 Å². The van der Waals surface area contributed by atoms with Crippen LogP contribution in [0.25, 0.3) is 38.6 Å². The van der Waals surface area contributed by atoms with Crippen molar-refractivity contribution < 1.29 is 9.50 Å². The van der Waals surface area contributed by atoms with Gasteiger partial charge >= 0.3 is 0 Å². The van der Waals surface area contributed by atoms with Crippen LogP contribution >= 0.6 is 0 Å². The van der Waals surface area contributed by atoms with Crippen LogP contribution in [-0.2, 0) is 16.2 Å². The van der Waals surface area contributed by atoms with E-state index in [4.69, 9.17) is 0 Å². The summed E-state index contributed by atoms with van der Waals surface area (Å²) in [6.07, 6.45) is 0.947. The topological polar surface area (TPSA) is 25.2 Å². The van der Waals surface area contributed by atoms with Crippen LogP contribution in [0.2, 0.25) is 0 Å². The molecule has 5 aromatic rings. The molecule has 0 atom stereocenters. The molecule has 0 aliphatic heterocycles. The van der Waals surface area contributed by atoms with E-state index in [-0.39, 0.29) is 33.2 Å². The molecule has 44 heavy (non-hydrogen) atoms. The first-order valence-corrected chi connectivity index (χ1v) is 15.9. The van der Waals surface area contributed by atoms with Gasteiger partial charge in [0.25, 0.3) is 0 Å². The monoisotopic (exact) mass is 591 g/mol. The third-order valence-electron chi connectivity index (χ3n) is 8.93. The number of aromatic nitrogens is 1. The van der Waals surface area contributed by atoms with E-state index in [1.807, 2.05) is 13.0 Å². The number of benzene rings is 4. The van der Waals surface area contributed by atoms with Crippen molar-refractivity contribution >= 4 is 21.8 Å². The molecule has 0 saturated carbocycles. The molecule has 5 rings (SSSR count). The molecule has 0 fully saturated rings. The lowest BCUT2D eigenvalue weighted by Crippen LogP contribution is -2.25. The van der Waals surface area contributed by atoms with Crippen molar-refractivity contribution in [1.29, 1.82) is 0 Å². The summed E-state index contributed by atoms with van der Waals surface area (Å²) in [6.45, 7) is 26.7. The molecule has 1 heterocycles. The van der Waals surface area contributed by atoms with E-state index in [1.165, 1.54) is 34.0 Å². The summed E-state index contributed by atoms with van der Waals surface area (Å²) < 4.78 is 17.0. The largest absolute Gasteiger partial charge is 0.505 e. The van der Waals surface area contributed by atoms with E-state index in [0.29, 0.717) is 16.8 Å². The highest BCUT2D eigenvalue weighted by molar-refractivity contribution is 6.10. The fraction of sp³-hybridized carbons (Fsp3) is 0.415. The number of aromatic hydroxyl groups is 1. The standard InChI is InChI=1S/C41H50FNO/c1-25-17-26(19-30(42)18-25)31-22-29(41(11,12)24-38(2,3)4)23-36(37(31)44)43-34-15-13-27(39(5,6)7)20-32(34)33-21-28(40(8,9)10)14-16-35(33)43/h13-23,44H,24H2,1-12H3. The smallest absolute Gasteiger partial charge is 0.147 e. The maximum absolute atomic E-state index is 14.8. The van der Waals surface area contributed by atoms with Crippen molar-refractivity contribution in [2.45, 2.75) is 106 Å². The first-order valence-electron chi connectivity index (χ1n) is 15.9. The predicted octanol–water partition coefficient (Wildman–Crippen LogP) is 11.9. The van der Waals surface area contributed by atoms with Gasteiger partial charge in [0.2, 0.25) is 0 Å². The third kappa shape index (κ3) is 6.03. The highest BCUT2D eigenvalue weighted by Crippen LogP contribution is 2.46. The average Bonchev–Trinajstić information content (AvgIpc) is 3.18. The number of hydrogen-bond acceptors (Lipinski definition) is 1. The van der Waals surface area contributed by atoms with Gasteiger partial charge in [-0.1, -0.05) is 94.4 Å². The Kier molecular flexibility index (Phi) is 7.59. The minimum atomic E-state index is -0.304. The Morgan fingerprint density at radius 3 is 1.61 bits per heavy atom. The van der Waals surface area contributed by atoms with Crippen LogP contribution in [0.15, 0.2) is 66.7 Å². The van der Waals surface area contributed by atoms with Crippen molar-refractivity contribution in [1.82, 2.24) is 4.57 Å². The Morgan fingerprint density at radius 1 is 0.636 bits per heavy atom. The van der Waals surface area contributed by atoms with E-state index in [1.54, 1.807) is 0 Å². The minimum Gasteiger partial charge on any atom is -0.505 e. The van der Waals surface area contributed by atoms with Crippen LogP contribution in [0.3, 0.4) is 0 Å². The normalized spacial score (nSPS) is 13.3. The van der Waals surface area contributed by atoms with Gasteiger partial charge in [0, 0.05) is 16.3 Å². The lowest BCUT2D eigenvalue weighted by atomic mass is 9.71. The molecule has 3 heteroatoms. The van der Waals surface area contributed by atoms with Gasteiger partial charge in [-0.05, 0) is 111 Å². The van der Waals surface area contributed by atoms with E-state index in [0.717, 1.165) is 28.6 Å². The molecule has 1 aromatic heterocycles. The molecule has 1 N–H and O–H groups in total. The first kappa shape index (κ1) is 31.8. The molecule has 0 aliphatic rings. The number of hydrogen-bond donors (Lipinski definition) is 1. The fourth-order valence-electron chi connectivity index (χ4n) is 6.94. The van der Waals surface area contributed by atoms with Crippen molar-refractivity contribution in [3.05, 3.63) is 94.8 Å². The molecule has 0 saturated heterocycles. The van der Waals surface area contributed by atoms with Crippen LogP contribution in [-0.4, -0.2) is 9.67 Å². The molecule has 0 bridgehead atoms. The number of phenolic OH excluding ortho intramolecular Hbond substituents is 1. The van der Waals surface area contributed by atoms with E-state index < -0.39 is 0 Å². The quantitative estimate of drug-likeness (QED) is 0.221. The molecule has 0 amide bonds. The predicted molar refractivity (Wildman–Crippen MR) is 187 cm³/mol. The number of rotatable bonds is 4.